The summed E-state index contributed by atoms with van der Waals surface area (Å²) in [6.07, 6.45) is 0. The first-order valence-electron chi connectivity index (χ1n) is 23.0. The van der Waals surface area contributed by atoms with Crippen LogP contribution < -0.4 is 0 Å². The standard InChI is InChI=1S/C64H44N2/c1-63(2)55-35-19-31-51(60(55)59-45-27-13-12-20-41(45)36-39-56(59)63)48-37-38-50(47-29-15-14-28-46(47)48)57-40-58(66-62(65-57)42-21-6-3-7-22-42)53-33-18-32-52-49-30-16-17-34-54(49)64(61(52)53,43-23-8-4-9-24-43)44-25-10-5-11-26-44/h3-40H,1-2H3. The third kappa shape index (κ3) is 5.48. The van der Waals surface area contributed by atoms with E-state index in [2.05, 4.69) is 244 Å². The summed E-state index contributed by atoms with van der Waals surface area (Å²) >= 11 is 0. The van der Waals surface area contributed by atoms with Crippen molar-refractivity contribution in [2.75, 3.05) is 0 Å². The van der Waals surface area contributed by atoms with Crippen LogP contribution in [-0.2, 0) is 10.8 Å². The fourth-order valence-corrected chi connectivity index (χ4v) is 11.7. The van der Waals surface area contributed by atoms with Crippen molar-refractivity contribution in [1.29, 1.82) is 0 Å². The second-order valence-electron chi connectivity index (χ2n) is 18.4. The van der Waals surface area contributed by atoms with Gasteiger partial charge in [0.25, 0.3) is 0 Å². The van der Waals surface area contributed by atoms with Gasteiger partial charge in [0.1, 0.15) is 0 Å². The SMILES string of the molecule is CC1(C)c2cccc(-c3ccc(-c4cc(-c5cccc6c5C(c5ccccc5)(c5ccccc5)c5ccccc5-6)nc(-c5ccccc5)n4)c4ccccc34)c2-c2c1ccc1ccccc21. The molecule has 2 nitrogen and oxygen atoms in total. The minimum absolute atomic E-state index is 0.136. The minimum Gasteiger partial charge on any atom is -0.228 e. The molecular weight excluding hydrogens is 797 g/mol. The lowest BCUT2D eigenvalue weighted by atomic mass is 9.66. The van der Waals surface area contributed by atoms with Gasteiger partial charge < -0.3 is 0 Å². The summed E-state index contributed by atoms with van der Waals surface area (Å²) in [7, 11) is 0. The summed E-state index contributed by atoms with van der Waals surface area (Å²) in [4.78, 5) is 11.0. The van der Waals surface area contributed by atoms with Crippen molar-refractivity contribution in [2.24, 2.45) is 0 Å². The van der Waals surface area contributed by atoms with E-state index in [1.165, 1.54) is 82.9 Å². The Morgan fingerprint density at radius 3 is 1.59 bits per heavy atom. The van der Waals surface area contributed by atoms with Crippen LogP contribution in [0.1, 0.15) is 47.2 Å². The highest BCUT2D eigenvalue weighted by Gasteiger charge is 2.48. The summed E-state index contributed by atoms with van der Waals surface area (Å²) in [5.41, 5.74) is 19.5. The normalized spacial score (nSPS) is 13.8. The van der Waals surface area contributed by atoms with Crippen LogP contribution in [0.3, 0.4) is 0 Å². The van der Waals surface area contributed by atoms with E-state index < -0.39 is 5.41 Å². The van der Waals surface area contributed by atoms with E-state index in [1.807, 2.05) is 0 Å². The number of fused-ring (bicyclic) bond motifs is 9. The van der Waals surface area contributed by atoms with Gasteiger partial charge in [-0.2, -0.15) is 0 Å². The highest BCUT2D eigenvalue weighted by molar-refractivity contribution is 6.11. The molecule has 2 aliphatic carbocycles. The molecule has 0 amide bonds. The van der Waals surface area contributed by atoms with Gasteiger partial charge >= 0.3 is 0 Å². The largest absolute Gasteiger partial charge is 0.228 e. The maximum atomic E-state index is 5.53. The predicted octanol–water partition coefficient (Wildman–Crippen LogP) is 16.1. The van der Waals surface area contributed by atoms with Gasteiger partial charge in [0.15, 0.2) is 5.82 Å². The molecular formula is C64H44N2. The van der Waals surface area contributed by atoms with E-state index in [0.29, 0.717) is 5.82 Å². The van der Waals surface area contributed by atoms with Gasteiger partial charge in [-0.05, 0) is 94.4 Å². The first-order valence-corrected chi connectivity index (χ1v) is 23.0. The highest BCUT2D eigenvalue weighted by atomic mass is 14.9. The van der Waals surface area contributed by atoms with Crippen LogP contribution >= 0.6 is 0 Å². The Labute approximate surface area is 385 Å². The van der Waals surface area contributed by atoms with Gasteiger partial charge in [0.05, 0.1) is 16.8 Å². The van der Waals surface area contributed by atoms with E-state index in [1.54, 1.807) is 0 Å². The topological polar surface area (TPSA) is 25.8 Å². The average Bonchev–Trinajstić information content (AvgIpc) is 3.83. The summed E-state index contributed by atoms with van der Waals surface area (Å²) in [6.45, 7) is 4.75. The van der Waals surface area contributed by atoms with E-state index >= 15 is 0 Å². The number of hydrogen-bond donors (Lipinski definition) is 0. The van der Waals surface area contributed by atoms with Gasteiger partial charge in [-0.3, -0.25) is 0 Å². The molecule has 310 valence electrons. The second kappa shape index (κ2) is 14.7. The number of hydrogen-bond acceptors (Lipinski definition) is 2. The third-order valence-corrected chi connectivity index (χ3v) is 14.6. The molecule has 13 rings (SSSR count). The van der Waals surface area contributed by atoms with Crippen LogP contribution in [0.2, 0.25) is 0 Å². The zero-order valence-electron chi connectivity index (χ0n) is 36.8. The molecule has 1 heterocycles. The highest BCUT2D eigenvalue weighted by Crippen LogP contribution is 2.59. The van der Waals surface area contributed by atoms with Gasteiger partial charge in [-0.25, -0.2) is 9.97 Å². The summed E-state index contributed by atoms with van der Waals surface area (Å²) < 4.78 is 0. The molecule has 0 radical (unpaired) electrons. The maximum absolute atomic E-state index is 5.53. The van der Waals surface area contributed by atoms with Crippen LogP contribution in [0.5, 0.6) is 0 Å². The van der Waals surface area contributed by atoms with E-state index in [4.69, 9.17) is 9.97 Å². The Balaban J connectivity index is 1.06. The van der Waals surface area contributed by atoms with Crippen LogP contribution in [0.25, 0.3) is 88.8 Å². The van der Waals surface area contributed by atoms with Crippen LogP contribution in [0.15, 0.2) is 231 Å². The predicted molar refractivity (Wildman–Crippen MR) is 274 cm³/mol. The van der Waals surface area contributed by atoms with Crippen molar-refractivity contribution in [3.8, 4) is 67.3 Å². The van der Waals surface area contributed by atoms with Crippen molar-refractivity contribution in [3.05, 3.63) is 264 Å². The van der Waals surface area contributed by atoms with Crippen LogP contribution in [-0.4, -0.2) is 9.97 Å². The Hall–Kier alpha value is -8.20. The van der Waals surface area contributed by atoms with Gasteiger partial charge in [0, 0.05) is 22.1 Å². The molecule has 10 aromatic carbocycles. The van der Waals surface area contributed by atoms with Crippen molar-refractivity contribution in [2.45, 2.75) is 24.7 Å². The quantitative estimate of drug-likeness (QED) is 0.167. The first-order chi connectivity index (χ1) is 32.5. The fraction of sp³-hybridized carbons (Fsp3) is 0.0625. The zero-order valence-corrected chi connectivity index (χ0v) is 36.8. The average molecular weight is 841 g/mol. The van der Waals surface area contributed by atoms with E-state index in [9.17, 15) is 0 Å². The molecule has 0 unspecified atom stereocenters. The molecule has 66 heavy (non-hydrogen) atoms. The molecule has 0 spiro atoms. The van der Waals surface area contributed by atoms with Crippen molar-refractivity contribution in [1.82, 2.24) is 9.97 Å². The zero-order chi connectivity index (χ0) is 44.0. The molecule has 1 aromatic heterocycles. The summed E-state index contributed by atoms with van der Waals surface area (Å²) in [5.74, 6) is 0.695. The maximum Gasteiger partial charge on any atom is 0.160 e. The summed E-state index contributed by atoms with van der Waals surface area (Å²) in [6, 6.07) is 84.3. The molecule has 0 N–H and O–H groups in total. The molecule has 0 aliphatic heterocycles. The number of rotatable bonds is 6. The molecule has 0 fully saturated rings. The Morgan fingerprint density at radius 2 is 0.848 bits per heavy atom. The van der Waals surface area contributed by atoms with Gasteiger partial charge in [0.2, 0.25) is 0 Å². The molecule has 0 saturated heterocycles. The number of nitrogens with zero attached hydrogens (tertiary/aromatic N) is 2. The third-order valence-electron chi connectivity index (χ3n) is 14.6. The molecule has 2 aliphatic rings. The summed E-state index contributed by atoms with van der Waals surface area (Å²) in [5, 5.41) is 4.91. The van der Waals surface area contributed by atoms with Crippen molar-refractivity contribution < 1.29 is 0 Å². The van der Waals surface area contributed by atoms with E-state index in [-0.39, 0.29) is 5.41 Å². The lowest BCUT2D eigenvalue weighted by Crippen LogP contribution is -2.29. The van der Waals surface area contributed by atoms with Gasteiger partial charge in [-0.1, -0.05) is 238 Å². The van der Waals surface area contributed by atoms with Gasteiger partial charge in [-0.15, -0.1) is 0 Å². The Morgan fingerprint density at radius 1 is 0.333 bits per heavy atom. The second-order valence-corrected chi connectivity index (χ2v) is 18.4. The Bertz CT molecular complexity index is 3680. The fourth-order valence-electron chi connectivity index (χ4n) is 11.7. The monoisotopic (exact) mass is 840 g/mol. The first kappa shape index (κ1) is 38.3. The number of aromatic nitrogens is 2. The minimum atomic E-state index is -0.591. The smallest absolute Gasteiger partial charge is 0.160 e. The lowest BCUT2D eigenvalue weighted by molar-refractivity contribution is 0.661. The van der Waals surface area contributed by atoms with E-state index in [0.717, 1.165) is 33.5 Å². The molecule has 0 atom stereocenters. The molecule has 2 heteroatoms. The molecule has 11 aromatic rings. The number of benzene rings is 10. The van der Waals surface area contributed by atoms with Crippen molar-refractivity contribution in [3.63, 3.8) is 0 Å². The molecule has 0 bridgehead atoms. The lowest BCUT2D eigenvalue weighted by Gasteiger charge is -2.35. The Kier molecular flexibility index (Phi) is 8.51. The van der Waals surface area contributed by atoms with Crippen molar-refractivity contribution >= 4 is 21.5 Å². The van der Waals surface area contributed by atoms with Crippen LogP contribution in [0, 0.1) is 0 Å². The van der Waals surface area contributed by atoms with Crippen LogP contribution in [0.4, 0.5) is 0 Å². The molecule has 0 saturated carbocycles.